The molecule has 0 aliphatic carbocycles. The highest BCUT2D eigenvalue weighted by Gasteiger charge is 2.06. The van der Waals surface area contributed by atoms with Gasteiger partial charge in [0.15, 0.2) is 0 Å². The zero-order valence-corrected chi connectivity index (χ0v) is 12.0. The molecule has 0 unspecified atom stereocenters. The van der Waals surface area contributed by atoms with Gasteiger partial charge in [-0.15, -0.1) is 0 Å². The summed E-state index contributed by atoms with van der Waals surface area (Å²) in [7, 11) is 0. The highest BCUT2D eigenvalue weighted by Crippen LogP contribution is 2.26. The molecule has 0 aliphatic rings. The van der Waals surface area contributed by atoms with Crippen LogP contribution in [-0.2, 0) is 6.61 Å². The highest BCUT2D eigenvalue weighted by molar-refractivity contribution is 9.10. The average Bonchev–Trinajstić information content (AvgIpc) is 2.39. The van der Waals surface area contributed by atoms with Crippen molar-refractivity contribution in [1.82, 2.24) is 0 Å². The van der Waals surface area contributed by atoms with Crippen LogP contribution in [0, 0.1) is 17.1 Å². The van der Waals surface area contributed by atoms with Gasteiger partial charge in [0.05, 0.1) is 16.7 Å². The minimum atomic E-state index is -0.348. The molecule has 0 heterocycles. The van der Waals surface area contributed by atoms with Crippen molar-refractivity contribution in [3.8, 4) is 11.8 Å². The van der Waals surface area contributed by atoms with Gasteiger partial charge in [-0.1, -0.05) is 33.6 Å². The van der Waals surface area contributed by atoms with Crippen LogP contribution in [0.3, 0.4) is 0 Å². The van der Waals surface area contributed by atoms with Crippen LogP contribution in [0.5, 0.6) is 5.75 Å². The second kappa shape index (κ2) is 6.05. The van der Waals surface area contributed by atoms with Gasteiger partial charge in [0.25, 0.3) is 0 Å². The zero-order chi connectivity index (χ0) is 13.8. The third kappa shape index (κ3) is 3.46. The first-order valence-corrected chi connectivity index (χ1v) is 6.53. The number of nitrogens with zero attached hydrogens (tertiary/aromatic N) is 1. The molecule has 0 saturated carbocycles. The number of rotatable bonds is 3. The van der Waals surface area contributed by atoms with Crippen molar-refractivity contribution in [2.45, 2.75) is 6.61 Å². The van der Waals surface area contributed by atoms with Crippen molar-refractivity contribution < 1.29 is 9.13 Å². The van der Waals surface area contributed by atoms with Gasteiger partial charge in [0.2, 0.25) is 0 Å². The summed E-state index contributed by atoms with van der Waals surface area (Å²) in [5, 5.41) is 9.05. The lowest BCUT2D eigenvalue weighted by atomic mass is 10.2. The molecule has 0 saturated heterocycles. The Morgan fingerprint density at radius 1 is 1.26 bits per heavy atom. The van der Waals surface area contributed by atoms with Crippen molar-refractivity contribution in [2.24, 2.45) is 0 Å². The van der Waals surface area contributed by atoms with E-state index in [1.165, 1.54) is 12.1 Å². The lowest BCUT2D eigenvalue weighted by molar-refractivity contribution is 0.300. The Kier molecular flexibility index (Phi) is 4.41. The van der Waals surface area contributed by atoms with Crippen LogP contribution in [0.15, 0.2) is 40.9 Å². The molecule has 0 atom stereocenters. The number of benzene rings is 2. The van der Waals surface area contributed by atoms with Crippen molar-refractivity contribution in [2.75, 3.05) is 0 Å². The van der Waals surface area contributed by atoms with Crippen LogP contribution in [0.1, 0.15) is 11.1 Å². The second-order valence-electron chi connectivity index (χ2n) is 3.78. The first-order valence-electron chi connectivity index (χ1n) is 5.36. The predicted molar refractivity (Wildman–Crippen MR) is 74.6 cm³/mol. The Balaban J connectivity index is 2.13. The molecule has 2 aromatic rings. The molecule has 96 valence electrons. The summed E-state index contributed by atoms with van der Waals surface area (Å²) in [6.45, 7) is 0.0741. The average molecular weight is 341 g/mol. The quantitative estimate of drug-likeness (QED) is 0.812. The van der Waals surface area contributed by atoms with Crippen molar-refractivity contribution in [3.05, 3.63) is 62.8 Å². The van der Waals surface area contributed by atoms with Crippen LogP contribution in [0.4, 0.5) is 4.39 Å². The van der Waals surface area contributed by atoms with Gasteiger partial charge in [-0.05, 0) is 30.3 Å². The smallest absolute Gasteiger partial charge is 0.138 e. The number of hydrogen-bond donors (Lipinski definition) is 0. The lowest BCUT2D eigenvalue weighted by Gasteiger charge is -2.09. The van der Waals surface area contributed by atoms with Gasteiger partial charge in [-0.25, -0.2) is 4.39 Å². The Labute approximate surface area is 123 Å². The van der Waals surface area contributed by atoms with Crippen LogP contribution in [0.25, 0.3) is 0 Å². The number of ether oxygens (including phenoxy) is 1. The normalized spacial score (nSPS) is 10.0. The predicted octanol–water partition coefficient (Wildman–Crippen LogP) is 4.69. The maximum Gasteiger partial charge on any atom is 0.138 e. The van der Waals surface area contributed by atoms with E-state index >= 15 is 0 Å². The number of hydrogen-bond acceptors (Lipinski definition) is 2. The molecule has 0 amide bonds. The maximum absolute atomic E-state index is 13.6. The maximum atomic E-state index is 13.6. The largest absolute Gasteiger partial charge is 0.487 e. The summed E-state index contributed by atoms with van der Waals surface area (Å²) >= 11 is 9.15. The Hall–Kier alpha value is -1.57. The number of nitriles is 1. The summed E-state index contributed by atoms with van der Waals surface area (Å²) in [5.74, 6) is 0.0714. The van der Waals surface area contributed by atoms with Gasteiger partial charge in [0, 0.05) is 10.0 Å². The van der Waals surface area contributed by atoms with E-state index in [1.807, 2.05) is 6.07 Å². The second-order valence-corrected chi connectivity index (χ2v) is 5.10. The van der Waals surface area contributed by atoms with Crippen molar-refractivity contribution in [1.29, 1.82) is 5.26 Å². The minimum absolute atomic E-state index is 0.0741. The standard InChI is InChI=1S/C14H8BrClFNO/c15-11-3-2-10(13(17)6-11)8-19-14-4-1-9(7-18)5-12(14)16/h1-6H,8H2. The Bertz CT molecular complexity index is 654. The molecule has 0 bridgehead atoms. The zero-order valence-electron chi connectivity index (χ0n) is 9.66. The molecule has 5 heteroatoms. The Morgan fingerprint density at radius 3 is 2.68 bits per heavy atom. The molecule has 0 aliphatic heterocycles. The highest BCUT2D eigenvalue weighted by atomic mass is 79.9. The molecule has 0 aromatic heterocycles. The topological polar surface area (TPSA) is 33.0 Å². The molecule has 0 spiro atoms. The first kappa shape index (κ1) is 13.9. The molecule has 2 rings (SSSR count). The van der Waals surface area contributed by atoms with E-state index in [4.69, 9.17) is 21.6 Å². The Morgan fingerprint density at radius 2 is 2.05 bits per heavy atom. The summed E-state index contributed by atoms with van der Waals surface area (Å²) < 4.78 is 19.7. The molecular formula is C14H8BrClFNO. The summed E-state index contributed by atoms with van der Waals surface area (Å²) in [6, 6.07) is 11.4. The van der Waals surface area contributed by atoms with Crippen LogP contribution < -0.4 is 4.74 Å². The van der Waals surface area contributed by atoms with Gasteiger partial charge < -0.3 is 4.74 Å². The van der Waals surface area contributed by atoms with E-state index in [9.17, 15) is 4.39 Å². The fraction of sp³-hybridized carbons (Fsp3) is 0.0714. The third-order valence-electron chi connectivity index (χ3n) is 2.46. The fourth-order valence-electron chi connectivity index (χ4n) is 1.48. The van der Waals surface area contributed by atoms with E-state index < -0.39 is 0 Å². The lowest BCUT2D eigenvalue weighted by Crippen LogP contribution is -1.99. The summed E-state index contributed by atoms with van der Waals surface area (Å²) in [5.41, 5.74) is 0.885. The molecule has 19 heavy (non-hydrogen) atoms. The fourth-order valence-corrected chi connectivity index (χ4v) is 2.05. The van der Waals surface area contributed by atoms with E-state index in [1.54, 1.807) is 24.3 Å². The summed E-state index contributed by atoms with van der Waals surface area (Å²) in [6.07, 6.45) is 0. The first-order chi connectivity index (χ1) is 9.10. The molecule has 2 aromatic carbocycles. The van der Waals surface area contributed by atoms with Crippen LogP contribution in [-0.4, -0.2) is 0 Å². The van der Waals surface area contributed by atoms with E-state index in [0.29, 0.717) is 26.4 Å². The molecule has 0 fully saturated rings. The molecule has 0 radical (unpaired) electrons. The third-order valence-corrected chi connectivity index (χ3v) is 3.25. The molecule has 0 N–H and O–H groups in total. The van der Waals surface area contributed by atoms with Gasteiger partial charge in [-0.3, -0.25) is 0 Å². The van der Waals surface area contributed by atoms with Gasteiger partial charge in [0.1, 0.15) is 18.2 Å². The van der Waals surface area contributed by atoms with E-state index in [0.717, 1.165) is 0 Å². The number of halogens is 3. The van der Waals surface area contributed by atoms with E-state index in [-0.39, 0.29) is 12.4 Å². The van der Waals surface area contributed by atoms with Gasteiger partial charge in [-0.2, -0.15) is 5.26 Å². The molecule has 2 nitrogen and oxygen atoms in total. The van der Waals surface area contributed by atoms with E-state index in [2.05, 4.69) is 15.9 Å². The minimum Gasteiger partial charge on any atom is -0.487 e. The SMILES string of the molecule is N#Cc1ccc(OCc2ccc(Br)cc2F)c(Cl)c1. The van der Waals surface area contributed by atoms with Crippen LogP contribution in [0.2, 0.25) is 5.02 Å². The monoisotopic (exact) mass is 339 g/mol. The van der Waals surface area contributed by atoms with Gasteiger partial charge >= 0.3 is 0 Å². The molecular weight excluding hydrogens is 333 g/mol. The van der Waals surface area contributed by atoms with Crippen molar-refractivity contribution >= 4 is 27.5 Å². The summed E-state index contributed by atoms with van der Waals surface area (Å²) in [4.78, 5) is 0. The van der Waals surface area contributed by atoms with Crippen molar-refractivity contribution in [3.63, 3.8) is 0 Å². The van der Waals surface area contributed by atoms with Crippen LogP contribution >= 0.6 is 27.5 Å².